The van der Waals surface area contributed by atoms with Gasteiger partial charge in [0.05, 0.1) is 30.0 Å². The molecule has 0 amide bonds. The number of carbonyl (C=O) groups excluding carboxylic acids is 1. The summed E-state index contributed by atoms with van der Waals surface area (Å²) in [6.45, 7) is 3.27. The topological polar surface area (TPSA) is 108 Å². The molecule has 0 radical (unpaired) electrons. The second-order valence-corrected chi connectivity index (χ2v) is 14.6. The molecule has 0 spiro atoms. The van der Waals surface area contributed by atoms with Crippen molar-refractivity contribution >= 4 is 27.0 Å². The van der Waals surface area contributed by atoms with Crippen LogP contribution >= 0.6 is 0 Å². The molecule has 2 aliphatic heterocycles. The van der Waals surface area contributed by atoms with Gasteiger partial charge in [-0.25, -0.2) is 0 Å². The average Bonchev–Trinajstić information content (AvgIpc) is 3.49. The number of fused-ring (bicyclic) bond motifs is 3. The lowest BCUT2D eigenvalue weighted by atomic mass is 9.91. The predicted molar refractivity (Wildman–Crippen MR) is 152 cm³/mol. The number of esters is 1. The van der Waals surface area contributed by atoms with E-state index in [4.69, 9.17) is 23.5 Å². The molecule has 3 fully saturated rings. The van der Waals surface area contributed by atoms with Gasteiger partial charge in [0.25, 0.3) is 0 Å². The van der Waals surface area contributed by atoms with Gasteiger partial charge in [-0.05, 0) is 74.5 Å². The maximum absolute atomic E-state index is 14.0. The van der Waals surface area contributed by atoms with Crippen LogP contribution in [0.5, 0.6) is 5.75 Å². The molecule has 3 aliphatic rings. The molecule has 0 aromatic heterocycles. The standard InChI is InChI=1S/C31H30F2O8S2/c1-19(31(32,33)43(35,36)37)39-21-10-14-24(15-11-21)42(22-6-4-3-5-7-22)23-12-8-20(9-13-23)30(2)38-18-26-25-16-29(34)40-27(25)17-28(26)41-30/h3-15,19,25-28H,16-18H2,1-2H3/p+1. The van der Waals surface area contributed by atoms with Crippen molar-refractivity contribution in [2.45, 2.75) is 70.7 Å². The summed E-state index contributed by atoms with van der Waals surface area (Å²) in [5, 5.41) is -4.46. The summed E-state index contributed by atoms with van der Waals surface area (Å²) >= 11 is 0. The first kappa shape index (κ1) is 30.0. The summed E-state index contributed by atoms with van der Waals surface area (Å²) in [4.78, 5) is 14.6. The quantitative estimate of drug-likeness (QED) is 0.195. The van der Waals surface area contributed by atoms with Crippen LogP contribution in [0.1, 0.15) is 32.3 Å². The van der Waals surface area contributed by atoms with Crippen molar-refractivity contribution in [3.05, 3.63) is 84.4 Å². The van der Waals surface area contributed by atoms with Gasteiger partial charge in [0.1, 0.15) is 11.9 Å². The smallest absolute Gasteiger partial charge is 0.405 e. The predicted octanol–water partition coefficient (Wildman–Crippen LogP) is 5.57. The van der Waals surface area contributed by atoms with Crippen molar-refractivity contribution in [2.24, 2.45) is 11.8 Å². The van der Waals surface area contributed by atoms with Gasteiger partial charge in [0.15, 0.2) is 26.6 Å². The lowest BCUT2D eigenvalue weighted by Gasteiger charge is -2.41. The molecule has 7 atom stereocenters. The number of carbonyl (C=O) groups is 1. The summed E-state index contributed by atoms with van der Waals surface area (Å²) in [6, 6.07) is 24.3. The number of halogens is 2. The molecule has 1 N–H and O–H groups in total. The molecule has 3 aromatic rings. The highest BCUT2D eigenvalue weighted by Gasteiger charge is 2.55. The second kappa shape index (κ2) is 11.2. The fraction of sp³-hybridized carbons (Fsp3) is 0.387. The molecule has 6 rings (SSSR count). The normalized spacial score (nSPS) is 28.4. The minimum Gasteiger partial charge on any atom is -0.483 e. The highest BCUT2D eigenvalue weighted by Crippen LogP contribution is 2.49. The first-order chi connectivity index (χ1) is 20.4. The van der Waals surface area contributed by atoms with Gasteiger partial charge < -0.3 is 18.9 Å². The van der Waals surface area contributed by atoms with Crippen LogP contribution in [0, 0.1) is 11.8 Å². The zero-order valence-corrected chi connectivity index (χ0v) is 25.0. The first-order valence-corrected chi connectivity index (χ1v) is 16.5. The Balaban J connectivity index is 1.22. The van der Waals surface area contributed by atoms with Gasteiger partial charge in [-0.15, -0.1) is 0 Å². The van der Waals surface area contributed by atoms with Crippen molar-refractivity contribution in [3.63, 3.8) is 0 Å². The van der Waals surface area contributed by atoms with Gasteiger partial charge in [-0.1, -0.05) is 18.2 Å². The van der Waals surface area contributed by atoms with Crippen LogP contribution in [-0.4, -0.2) is 49.1 Å². The molecular weight excluding hydrogens is 602 g/mol. The van der Waals surface area contributed by atoms with Crippen LogP contribution in [0.4, 0.5) is 8.78 Å². The molecule has 43 heavy (non-hydrogen) atoms. The van der Waals surface area contributed by atoms with E-state index in [1.165, 1.54) is 12.1 Å². The highest BCUT2D eigenvalue weighted by atomic mass is 32.2. The van der Waals surface area contributed by atoms with E-state index in [1.807, 2.05) is 61.5 Å². The molecule has 12 heteroatoms. The third kappa shape index (κ3) is 5.66. The summed E-state index contributed by atoms with van der Waals surface area (Å²) in [6.07, 6.45) is -1.19. The van der Waals surface area contributed by atoms with Crippen LogP contribution < -0.4 is 4.74 Å². The number of hydrogen-bond donors (Lipinski definition) is 1. The zero-order valence-electron chi connectivity index (χ0n) is 23.4. The maximum Gasteiger partial charge on any atom is 0.405 e. The highest BCUT2D eigenvalue weighted by molar-refractivity contribution is 7.97. The van der Waals surface area contributed by atoms with E-state index in [9.17, 15) is 22.0 Å². The van der Waals surface area contributed by atoms with Crippen molar-refractivity contribution in [2.75, 3.05) is 6.61 Å². The molecular formula is C31H31F2O8S2+. The van der Waals surface area contributed by atoms with E-state index in [0.717, 1.165) is 27.2 Å². The van der Waals surface area contributed by atoms with E-state index in [0.29, 0.717) is 19.4 Å². The monoisotopic (exact) mass is 633 g/mol. The first-order valence-electron chi connectivity index (χ1n) is 13.9. The lowest BCUT2D eigenvalue weighted by Crippen LogP contribution is -2.45. The Morgan fingerprint density at radius 2 is 1.56 bits per heavy atom. The molecule has 1 aliphatic carbocycles. The van der Waals surface area contributed by atoms with E-state index >= 15 is 0 Å². The SMILES string of the molecule is CC(Oc1ccc([S+](c2ccccc2)c2ccc(C3(C)OCC4C(CC5OC(=O)CC54)O3)cc2)cc1)C(F)(F)S(=O)(=O)O. The largest absolute Gasteiger partial charge is 0.483 e. The molecule has 3 aromatic carbocycles. The third-order valence-corrected chi connectivity index (χ3v) is 11.6. The summed E-state index contributed by atoms with van der Waals surface area (Å²) < 4.78 is 82.4. The Bertz CT molecular complexity index is 1580. The van der Waals surface area contributed by atoms with Crippen LogP contribution in [0.3, 0.4) is 0 Å². The summed E-state index contributed by atoms with van der Waals surface area (Å²) in [7, 11) is -6.21. The molecule has 228 valence electrons. The fourth-order valence-corrected chi connectivity index (χ4v) is 8.58. The Morgan fingerprint density at radius 1 is 0.953 bits per heavy atom. The molecule has 8 nitrogen and oxygen atoms in total. The molecule has 2 heterocycles. The minimum absolute atomic E-state index is 0.0372. The van der Waals surface area contributed by atoms with Crippen molar-refractivity contribution in [1.82, 2.24) is 0 Å². The van der Waals surface area contributed by atoms with Gasteiger partial charge in [0.2, 0.25) is 0 Å². The number of alkyl halides is 2. The zero-order chi connectivity index (χ0) is 30.6. The molecule has 2 saturated heterocycles. The van der Waals surface area contributed by atoms with Crippen LogP contribution in [0.15, 0.2) is 93.5 Å². The molecule has 7 unspecified atom stereocenters. The second-order valence-electron chi connectivity index (χ2n) is 11.1. The lowest BCUT2D eigenvalue weighted by molar-refractivity contribution is -0.308. The van der Waals surface area contributed by atoms with Gasteiger partial charge in [-0.2, -0.15) is 17.2 Å². The van der Waals surface area contributed by atoms with E-state index in [-0.39, 0.29) is 35.8 Å². The number of hydrogen-bond acceptors (Lipinski definition) is 7. The summed E-state index contributed by atoms with van der Waals surface area (Å²) in [5.74, 6) is -0.803. The van der Waals surface area contributed by atoms with Crippen LogP contribution in [-0.2, 0) is 45.8 Å². The number of ether oxygens (including phenoxy) is 4. The van der Waals surface area contributed by atoms with Crippen LogP contribution in [0.2, 0.25) is 0 Å². The van der Waals surface area contributed by atoms with Gasteiger partial charge in [-0.3, -0.25) is 9.35 Å². The third-order valence-electron chi connectivity index (χ3n) is 8.37. The van der Waals surface area contributed by atoms with Crippen molar-refractivity contribution in [1.29, 1.82) is 0 Å². The van der Waals surface area contributed by atoms with Crippen LogP contribution in [0.25, 0.3) is 0 Å². The summed E-state index contributed by atoms with van der Waals surface area (Å²) in [5.41, 5.74) is 0.859. The number of benzene rings is 3. The fourth-order valence-electron chi connectivity index (χ4n) is 6.05. The average molecular weight is 634 g/mol. The maximum atomic E-state index is 14.0. The van der Waals surface area contributed by atoms with Crippen molar-refractivity contribution in [3.8, 4) is 5.75 Å². The Kier molecular flexibility index (Phi) is 7.79. The van der Waals surface area contributed by atoms with E-state index in [1.54, 1.807) is 12.1 Å². The van der Waals surface area contributed by atoms with E-state index in [2.05, 4.69) is 0 Å². The van der Waals surface area contributed by atoms with Gasteiger partial charge in [0, 0.05) is 23.8 Å². The van der Waals surface area contributed by atoms with E-state index < -0.39 is 38.2 Å². The Labute approximate surface area is 251 Å². The Hall–Kier alpha value is -3.03. The number of rotatable bonds is 8. The molecule has 0 bridgehead atoms. The van der Waals surface area contributed by atoms with Crippen molar-refractivity contribution < 1.29 is 45.5 Å². The van der Waals surface area contributed by atoms with Gasteiger partial charge >= 0.3 is 21.3 Å². The minimum atomic E-state index is -5.63. The Morgan fingerprint density at radius 3 is 2.19 bits per heavy atom. The molecule has 1 saturated carbocycles.